The van der Waals surface area contributed by atoms with Gasteiger partial charge in [-0.3, -0.25) is 0 Å². The zero-order valence-corrected chi connectivity index (χ0v) is 17.4. The molecule has 0 aliphatic rings. The Balaban J connectivity index is 1.83. The van der Waals surface area contributed by atoms with E-state index < -0.39 is 6.09 Å². The predicted octanol–water partition coefficient (Wildman–Crippen LogP) is 4.12. The second kappa shape index (κ2) is 7.98. The zero-order chi connectivity index (χ0) is 22.1. The molecule has 0 radical (unpaired) electrons. The lowest BCUT2D eigenvalue weighted by molar-refractivity contribution is 0.171. The van der Waals surface area contributed by atoms with Crippen LogP contribution in [0.25, 0.3) is 27.7 Å². The lowest BCUT2D eigenvalue weighted by atomic mass is 10.0. The van der Waals surface area contributed by atoms with Gasteiger partial charge in [-0.15, -0.1) is 0 Å². The summed E-state index contributed by atoms with van der Waals surface area (Å²) in [7, 11) is 3.16. The van der Waals surface area contributed by atoms with Gasteiger partial charge in [0, 0.05) is 25.7 Å². The summed E-state index contributed by atoms with van der Waals surface area (Å²) in [6, 6.07) is 16.7. The summed E-state index contributed by atoms with van der Waals surface area (Å²) in [6.07, 6.45) is 0.00655. The third-order valence-electron chi connectivity index (χ3n) is 5.00. The van der Waals surface area contributed by atoms with E-state index in [1.807, 2.05) is 49.4 Å². The minimum absolute atomic E-state index is 0.161. The molecule has 0 spiro atoms. The monoisotopic (exact) mass is 418 g/mol. The molecule has 0 aliphatic carbocycles. The Bertz CT molecular complexity index is 1280. The summed E-state index contributed by atoms with van der Waals surface area (Å²) in [4.78, 5) is 13.3. The highest BCUT2D eigenvalue weighted by Gasteiger charge is 2.21. The Morgan fingerprint density at radius 1 is 1.06 bits per heavy atom. The van der Waals surface area contributed by atoms with Crippen LogP contribution in [-0.2, 0) is 6.42 Å². The number of carbonyl (C=O) groups excluding carboxylic acids is 1. The maximum Gasteiger partial charge on any atom is 0.414 e. The van der Waals surface area contributed by atoms with Gasteiger partial charge in [0.15, 0.2) is 0 Å². The standard InChI is InChI=1S/C23H22N4O4/c1-4-14-12-18(19(28)13-20(14)31-23(30)26(2)3)27-21(22(29)24-25-27)17-10-9-15-7-5-6-8-16(15)11-17/h5-13,28-29H,4H2,1-3H3. The number of hydrogen-bond donors (Lipinski definition) is 2. The molecular weight excluding hydrogens is 396 g/mol. The second-order valence-electron chi connectivity index (χ2n) is 7.30. The van der Waals surface area contributed by atoms with Crippen molar-refractivity contribution in [3.8, 4) is 34.3 Å². The van der Waals surface area contributed by atoms with E-state index in [1.165, 1.54) is 15.6 Å². The first-order valence-corrected chi connectivity index (χ1v) is 9.78. The van der Waals surface area contributed by atoms with Gasteiger partial charge in [0.05, 0.1) is 0 Å². The highest BCUT2D eigenvalue weighted by Crippen LogP contribution is 2.37. The summed E-state index contributed by atoms with van der Waals surface area (Å²) < 4.78 is 6.75. The van der Waals surface area contributed by atoms with Crippen LogP contribution in [0.1, 0.15) is 12.5 Å². The summed E-state index contributed by atoms with van der Waals surface area (Å²) in [5.74, 6) is -0.152. The molecule has 0 fully saturated rings. The van der Waals surface area contributed by atoms with Crippen molar-refractivity contribution in [3.05, 3.63) is 60.2 Å². The first-order valence-electron chi connectivity index (χ1n) is 9.78. The summed E-state index contributed by atoms with van der Waals surface area (Å²) in [6.45, 7) is 1.91. The molecule has 1 amide bonds. The van der Waals surface area contributed by atoms with E-state index in [2.05, 4.69) is 10.3 Å². The number of aromatic nitrogens is 3. The van der Waals surface area contributed by atoms with Crippen molar-refractivity contribution in [3.63, 3.8) is 0 Å². The number of fused-ring (bicyclic) bond motifs is 1. The van der Waals surface area contributed by atoms with Crippen LogP contribution in [0, 0.1) is 0 Å². The molecule has 8 heteroatoms. The molecule has 0 saturated carbocycles. The number of phenolic OH excluding ortho intramolecular Hbond substituents is 1. The van der Waals surface area contributed by atoms with Crippen molar-refractivity contribution in [1.29, 1.82) is 0 Å². The van der Waals surface area contributed by atoms with E-state index in [-0.39, 0.29) is 17.4 Å². The van der Waals surface area contributed by atoms with E-state index >= 15 is 0 Å². The topological polar surface area (TPSA) is 101 Å². The molecule has 3 aromatic carbocycles. The fraction of sp³-hybridized carbons (Fsp3) is 0.174. The Morgan fingerprint density at radius 3 is 2.52 bits per heavy atom. The van der Waals surface area contributed by atoms with Gasteiger partial charge in [-0.05, 0) is 34.9 Å². The molecule has 1 heterocycles. The lowest BCUT2D eigenvalue weighted by Crippen LogP contribution is -2.25. The number of benzene rings is 3. The Kier molecular flexibility index (Phi) is 5.21. The summed E-state index contributed by atoms with van der Waals surface area (Å²) in [5, 5.41) is 31.0. The maximum atomic E-state index is 12.0. The van der Waals surface area contributed by atoms with Crippen molar-refractivity contribution in [2.24, 2.45) is 0 Å². The van der Waals surface area contributed by atoms with Crippen molar-refractivity contribution in [2.45, 2.75) is 13.3 Å². The summed E-state index contributed by atoms with van der Waals surface area (Å²) >= 11 is 0. The van der Waals surface area contributed by atoms with E-state index in [9.17, 15) is 15.0 Å². The van der Waals surface area contributed by atoms with Crippen LogP contribution in [0.15, 0.2) is 54.6 Å². The van der Waals surface area contributed by atoms with Gasteiger partial charge in [-0.25, -0.2) is 9.48 Å². The molecule has 0 aliphatic heterocycles. The van der Waals surface area contributed by atoms with Gasteiger partial charge < -0.3 is 19.8 Å². The largest absolute Gasteiger partial charge is 0.506 e. The Hall–Kier alpha value is -4.07. The molecule has 1 aromatic heterocycles. The number of phenols is 1. The molecule has 0 unspecified atom stereocenters. The van der Waals surface area contributed by atoms with Crippen molar-refractivity contribution >= 4 is 16.9 Å². The fourth-order valence-electron chi connectivity index (χ4n) is 3.36. The first kappa shape index (κ1) is 20.2. The molecule has 0 atom stereocenters. The summed E-state index contributed by atoms with van der Waals surface area (Å²) in [5.41, 5.74) is 2.06. The number of aryl methyl sites for hydroxylation is 1. The van der Waals surface area contributed by atoms with Crippen LogP contribution in [0.2, 0.25) is 0 Å². The van der Waals surface area contributed by atoms with Crippen LogP contribution in [0.3, 0.4) is 0 Å². The Labute approximate surface area is 178 Å². The fourth-order valence-corrected chi connectivity index (χ4v) is 3.36. The number of rotatable bonds is 4. The molecular formula is C23H22N4O4. The molecule has 4 aromatic rings. The molecule has 31 heavy (non-hydrogen) atoms. The van der Waals surface area contributed by atoms with Crippen molar-refractivity contribution in [1.82, 2.24) is 19.9 Å². The normalized spacial score (nSPS) is 10.9. The van der Waals surface area contributed by atoms with Gasteiger partial charge in [0.1, 0.15) is 22.9 Å². The first-order chi connectivity index (χ1) is 14.9. The second-order valence-corrected chi connectivity index (χ2v) is 7.30. The lowest BCUT2D eigenvalue weighted by Gasteiger charge is -2.16. The highest BCUT2D eigenvalue weighted by molar-refractivity contribution is 5.87. The number of nitrogens with zero attached hydrogens (tertiary/aromatic N) is 4. The molecule has 0 saturated heterocycles. The average Bonchev–Trinajstić information content (AvgIpc) is 3.14. The number of aromatic hydroxyl groups is 2. The van der Waals surface area contributed by atoms with Crippen LogP contribution < -0.4 is 4.74 Å². The average molecular weight is 418 g/mol. The van der Waals surface area contributed by atoms with E-state index in [4.69, 9.17) is 4.74 Å². The van der Waals surface area contributed by atoms with E-state index in [1.54, 1.807) is 20.2 Å². The molecule has 158 valence electrons. The highest BCUT2D eigenvalue weighted by atomic mass is 16.6. The number of ether oxygens (including phenoxy) is 1. The Morgan fingerprint density at radius 2 is 1.81 bits per heavy atom. The van der Waals surface area contributed by atoms with Gasteiger partial charge in [0.2, 0.25) is 0 Å². The van der Waals surface area contributed by atoms with Gasteiger partial charge in [-0.2, -0.15) is 0 Å². The van der Waals surface area contributed by atoms with Crippen LogP contribution in [0.4, 0.5) is 4.79 Å². The zero-order valence-electron chi connectivity index (χ0n) is 17.4. The SMILES string of the molecule is CCc1cc(-n2nnc(O)c2-c2ccc3ccccc3c2)c(O)cc1OC(=O)N(C)C. The van der Waals surface area contributed by atoms with Crippen LogP contribution in [-0.4, -0.2) is 50.3 Å². The van der Waals surface area contributed by atoms with Crippen molar-refractivity contribution in [2.75, 3.05) is 14.1 Å². The van der Waals surface area contributed by atoms with Crippen molar-refractivity contribution < 1.29 is 19.7 Å². The number of hydrogen-bond acceptors (Lipinski definition) is 6. The minimum atomic E-state index is -0.544. The quantitative estimate of drug-likeness (QED) is 0.517. The molecule has 0 bridgehead atoms. The molecule has 8 nitrogen and oxygen atoms in total. The van der Waals surface area contributed by atoms with Gasteiger partial charge >= 0.3 is 6.09 Å². The third-order valence-corrected chi connectivity index (χ3v) is 5.00. The smallest absolute Gasteiger partial charge is 0.414 e. The van der Waals surface area contributed by atoms with Crippen LogP contribution >= 0.6 is 0 Å². The van der Waals surface area contributed by atoms with E-state index in [0.717, 1.165) is 10.8 Å². The molecule has 4 rings (SSSR count). The predicted molar refractivity (Wildman–Crippen MR) is 117 cm³/mol. The van der Waals surface area contributed by atoms with Gasteiger partial charge in [-0.1, -0.05) is 53.6 Å². The number of amides is 1. The third kappa shape index (κ3) is 3.75. The minimum Gasteiger partial charge on any atom is -0.506 e. The maximum absolute atomic E-state index is 12.0. The molecule has 2 N–H and O–H groups in total. The van der Waals surface area contributed by atoms with Gasteiger partial charge in [0.25, 0.3) is 5.88 Å². The van der Waals surface area contributed by atoms with Crippen LogP contribution in [0.5, 0.6) is 17.4 Å². The number of carbonyl (C=O) groups is 1. The van der Waals surface area contributed by atoms with E-state index in [0.29, 0.717) is 28.9 Å².